The van der Waals surface area contributed by atoms with Gasteiger partial charge in [0.15, 0.2) is 0 Å². The summed E-state index contributed by atoms with van der Waals surface area (Å²) < 4.78 is 3.91. The molecule has 19 heavy (non-hydrogen) atoms. The fraction of sp³-hybridized carbons (Fsp3) is 0.364. The Morgan fingerprint density at radius 1 is 1.47 bits per heavy atom. The first-order valence-electron chi connectivity index (χ1n) is 5.59. The first kappa shape index (κ1) is 15.5. The smallest absolute Gasteiger partial charge is 0.0986 e. The van der Waals surface area contributed by atoms with Crippen molar-refractivity contribution < 1.29 is 0 Å². The maximum absolute atomic E-state index is 6.26. The Morgan fingerprint density at radius 2 is 2.16 bits per heavy atom. The third-order valence-electron chi connectivity index (χ3n) is 2.66. The predicted octanol–water partition coefficient (Wildman–Crippen LogP) is 4.26. The summed E-state index contributed by atoms with van der Waals surface area (Å²) in [5.74, 6) is 5.72. The first-order chi connectivity index (χ1) is 8.95. The van der Waals surface area contributed by atoms with Crippen molar-refractivity contribution in [3.05, 3.63) is 36.1 Å². The summed E-state index contributed by atoms with van der Waals surface area (Å²) in [5, 5.41) is 4.92. The Labute approximate surface area is 137 Å². The molecule has 0 radical (unpaired) electrons. The van der Waals surface area contributed by atoms with Gasteiger partial charge in [-0.05, 0) is 51.8 Å². The highest BCUT2D eigenvalue weighted by molar-refractivity contribution is 9.13. The molecule has 0 saturated carbocycles. The molecular formula is C11H13Br2ClN4S. The van der Waals surface area contributed by atoms with Gasteiger partial charge in [-0.2, -0.15) is 5.10 Å². The van der Waals surface area contributed by atoms with Crippen molar-refractivity contribution in [3.63, 3.8) is 0 Å². The second kappa shape index (κ2) is 6.24. The van der Waals surface area contributed by atoms with E-state index < -0.39 is 0 Å². The van der Waals surface area contributed by atoms with Crippen molar-refractivity contribution in [2.24, 2.45) is 5.84 Å². The van der Waals surface area contributed by atoms with Crippen LogP contribution >= 0.6 is 54.8 Å². The summed E-state index contributed by atoms with van der Waals surface area (Å²) in [7, 11) is 0. The molecule has 1 unspecified atom stereocenters. The van der Waals surface area contributed by atoms with E-state index >= 15 is 0 Å². The zero-order valence-corrected chi connectivity index (χ0v) is 15.1. The molecule has 0 aliphatic rings. The molecule has 8 heteroatoms. The number of rotatable bonds is 4. The second-order valence-corrected chi connectivity index (χ2v) is 7.95. The zero-order valence-electron chi connectivity index (χ0n) is 10.3. The van der Waals surface area contributed by atoms with Crippen LogP contribution < -0.4 is 11.3 Å². The molecule has 3 N–H and O–H groups in total. The van der Waals surface area contributed by atoms with Crippen molar-refractivity contribution in [1.29, 1.82) is 0 Å². The fourth-order valence-corrected chi connectivity index (χ4v) is 4.23. The number of nitrogens with two attached hydrogens (primary N) is 1. The van der Waals surface area contributed by atoms with Crippen molar-refractivity contribution >= 4 is 54.8 Å². The van der Waals surface area contributed by atoms with Crippen molar-refractivity contribution in [2.75, 3.05) is 0 Å². The van der Waals surface area contributed by atoms with Gasteiger partial charge in [0, 0.05) is 15.4 Å². The number of aromatic nitrogens is 2. The SMILES string of the molecule is CC(C)n1ncc(Cl)c1C(NN)c1cc(Br)c(Br)s1. The monoisotopic (exact) mass is 426 g/mol. The molecule has 4 nitrogen and oxygen atoms in total. The summed E-state index contributed by atoms with van der Waals surface area (Å²) >= 11 is 14.8. The number of nitrogens with one attached hydrogen (secondary N) is 1. The summed E-state index contributed by atoms with van der Waals surface area (Å²) in [6, 6.07) is 2.04. The van der Waals surface area contributed by atoms with E-state index in [1.54, 1.807) is 17.5 Å². The van der Waals surface area contributed by atoms with Gasteiger partial charge in [-0.25, -0.2) is 5.43 Å². The van der Waals surface area contributed by atoms with E-state index in [0.717, 1.165) is 18.8 Å². The Hall–Kier alpha value is 0.0800. The average Bonchev–Trinajstić information content (AvgIpc) is 2.86. The van der Waals surface area contributed by atoms with Gasteiger partial charge < -0.3 is 0 Å². The normalized spacial score (nSPS) is 13.2. The van der Waals surface area contributed by atoms with Crippen LogP contribution in [0.1, 0.15) is 36.5 Å². The predicted molar refractivity (Wildman–Crippen MR) is 86.5 cm³/mol. The van der Waals surface area contributed by atoms with Gasteiger partial charge in [0.05, 0.1) is 26.7 Å². The molecule has 0 spiro atoms. The summed E-state index contributed by atoms with van der Waals surface area (Å²) in [6.45, 7) is 4.11. The highest BCUT2D eigenvalue weighted by Gasteiger charge is 2.24. The molecule has 0 aromatic carbocycles. The highest BCUT2D eigenvalue weighted by Crippen LogP contribution is 2.39. The highest BCUT2D eigenvalue weighted by atomic mass is 79.9. The standard InChI is InChI=1S/C11H13Br2ClN4S/c1-5(2)18-10(7(14)4-16-18)9(17-15)8-3-6(12)11(13)19-8/h3-5,9,17H,15H2,1-2H3. The van der Waals surface area contributed by atoms with Crippen LogP contribution in [0.3, 0.4) is 0 Å². The quantitative estimate of drug-likeness (QED) is 0.565. The molecule has 0 bridgehead atoms. The van der Waals surface area contributed by atoms with E-state index in [-0.39, 0.29) is 12.1 Å². The van der Waals surface area contributed by atoms with Gasteiger partial charge in [-0.15, -0.1) is 11.3 Å². The average molecular weight is 429 g/mol. The van der Waals surface area contributed by atoms with Crippen LogP contribution in [0.15, 0.2) is 20.5 Å². The lowest BCUT2D eigenvalue weighted by Crippen LogP contribution is -2.30. The second-order valence-electron chi connectivity index (χ2n) is 4.29. The molecule has 2 heterocycles. The maximum Gasteiger partial charge on any atom is 0.0986 e. The van der Waals surface area contributed by atoms with E-state index in [0.29, 0.717) is 5.02 Å². The van der Waals surface area contributed by atoms with E-state index in [9.17, 15) is 0 Å². The van der Waals surface area contributed by atoms with Gasteiger partial charge in [0.1, 0.15) is 0 Å². The first-order valence-corrected chi connectivity index (χ1v) is 8.37. The molecule has 0 fully saturated rings. The van der Waals surface area contributed by atoms with Crippen molar-refractivity contribution in [2.45, 2.75) is 25.9 Å². The fourth-order valence-electron chi connectivity index (χ4n) is 1.83. The van der Waals surface area contributed by atoms with Gasteiger partial charge in [-0.3, -0.25) is 10.5 Å². The number of hydrogen-bond acceptors (Lipinski definition) is 4. The van der Waals surface area contributed by atoms with Crippen LogP contribution in [0.4, 0.5) is 0 Å². The van der Waals surface area contributed by atoms with Crippen LogP contribution in [-0.4, -0.2) is 9.78 Å². The molecular weight excluding hydrogens is 415 g/mol. The third-order valence-corrected chi connectivity index (χ3v) is 6.28. The molecule has 2 aromatic rings. The number of halogens is 3. The lowest BCUT2D eigenvalue weighted by Gasteiger charge is -2.19. The van der Waals surface area contributed by atoms with E-state index in [1.165, 1.54) is 0 Å². The van der Waals surface area contributed by atoms with Gasteiger partial charge >= 0.3 is 0 Å². The van der Waals surface area contributed by atoms with Crippen LogP contribution in [0.2, 0.25) is 5.02 Å². The molecule has 0 aliphatic carbocycles. The minimum Gasteiger partial charge on any atom is -0.270 e. The number of thiophene rings is 1. The molecule has 2 aromatic heterocycles. The maximum atomic E-state index is 6.26. The van der Waals surface area contributed by atoms with E-state index in [1.807, 2.05) is 10.7 Å². The minimum atomic E-state index is -0.190. The van der Waals surface area contributed by atoms with Gasteiger partial charge in [0.25, 0.3) is 0 Å². The largest absolute Gasteiger partial charge is 0.270 e. The zero-order chi connectivity index (χ0) is 14.2. The summed E-state index contributed by atoms with van der Waals surface area (Å²) in [5.41, 5.74) is 3.70. The number of nitrogens with zero attached hydrogens (tertiary/aromatic N) is 2. The van der Waals surface area contributed by atoms with Gasteiger partial charge in [0.2, 0.25) is 0 Å². The summed E-state index contributed by atoms with van der Waals surface area (Å²) in [6.07, 6.45) is 1.65. The van der Waals surface area contributed by atoms with Crippen LogP contribution in [-0.2, 0) is 0 Å². The van der Waals surface area contributed by atoms with E-state index in [4.69, 9.17) is 17.4 Å². The van der Waals surface area contributed by atoms with Crippen LogP contribution in [0.5, 0.6) is 0 Å². The molecule has 104 valence electrons. The van der Waals surface area contributed by atoms with Crippen LogP contribution in [0.25, 0.3) is 0 Å². The minimum absolute atomic E-state index is 0.190. The van der Waals surface area contributed by atoms with Crippen molar-refractivity contribution in [1.82, 2.24) is 15.2 Å². The third kappa shape index (κ3) is 3.06. The molecule has 0 saturated heterocycles. The lowest BCUT2D eigenvalue weighted by molar-refractivity contribution is 0.478. The molecule has 0 aliphatic heterocycles. The topological polar surface area (TPSA) is 55.9 Å². The van der Waals surface area contributed by atoms with Gasteiger partial charge in [-0.1, -0.05) is 11.6 Å². The number of hydrazine groups is 1. The summed E-state index contributed by atoms with van der Waals surface area (Å²) in [4.78, 5) is 1.06. The Balaban J connectivity index is 2.50. The Morgan fingerprint density at radius 3 is 2.63 bits per heavy atom. The molecule has 2 rings (SSSR count). The number of hydrogen-bond donors (Lipinski definition) is 2. The van der Waals surface area contributed by atoms with E-state index in [2.05, 4.69) is 56.2 Å². The Bertz CT molecular complexity index is 562. The Kier molecular flexibility index (Phi) is 5.08. The van der Waals surface area contributed by atoms with Crippen LogP contribution in [0, 0.1) is 0 Å². The lowest BCUT2D eigenvalue weighted by atomic mass is 10.1. The molecule has 1 atom stereocenters. The van der Waals surface area contributed by atoms with Crippen molar-refractivity contribution in [3.8, 4) is 0 Å². The molecule has 0 amide bonds.